The fourth-order valence-corrected chi connectivity index (χ4v) is 2.42. The molecule has 2 aromatic rings. The van der Waals surface area contributed by atoms with Crippen LogP contribution in [0.2, 0.25) is 0 Å². The summed E-state index contributed by atoms with van der Waals surface area (Å²) in [7, 11) is 0. The van der Waals surface area contributed by atoms with Gasteiger partial charge in [0.05, 0.1) is 16.6 Å². The highest BCUT2D eigenvalue weighted by Crippen LogP contribution is 2.24. The lowest BCUT2D eigenvalue weighted by atomic mass is 10.1. The van der Waals surface area contributed by atoms with Crippen LogP contribution in [0.15, 0.2) is 18.2 Å². The summed E-state index contributed by atoms with van der Waals surface area (Å²) in [5.41, 5.74) is 1.89. The summed E-state index contributed by atoms with van der Waals surface area (Å²) in [6, 6.07) is 5.22. The SMILES string of the molecule is Cc1nc2cc(C(=O)O)ccc2n1C(C)CCCO. The van der Waals surface area contributed by atoms with E-state index < -0.39 is 5.97 Å². The Balaban J connectivity index is 2.44. The predicted octanol–water partition coefficient (Wildman–Crippen LogP) is 2.38. The van der Waals surface area contributed by atoms with Gasteiger partial charge in [0.1, 0.15) is 5.82 Å². The first kappa shape index (κ1) is 13.5. The molecule has 102 valence electrons. The average Bonchev–Trinajstić information content (AvgIpc) is 2.70. The van der Waals surface area contributed by atoms with Crippen molar-refractivity contribution in [1.82, 2.24) is 9.55 Å². The standard InChI is InChI=1S/C14H18N2O3/c1-9(4-3-7-17)16-10(2)15-12-8-11(14(18)19)5-6-13(12)16/h5-6,8-9,17H,3-4,7H2,1-2H3,(H,18,19). The van der Waals surface area contributed by atoms with Crippen molar-refractivity contribution in [1.29, 1.82) is 0 Å². The van der Waals surface area contributed by atoms with Crippen molar-refractivity contribution in [2.45, 2.75) is 32.7 Å². The maximum atomic E-state index is 10.9. The molecule has 0 aliphatic heterocycles. The molecule has 1 atom stereocenters. The third-order valence-electron chi connectivity index (χ3n) is 3.33. The highest BCUT2D eigenvalue weighted by Gasteiger charge is 2.14. The van der Waals surface area contributed by atoms with Gasteiger partial charge in [-0.2, -0.15) is 0 Å². The number of aromatic nitrogens is 2. The molecule has 0 bridgehead atoms. The van der Waals surface area contributed by atoms with Crippen molar-refractivity contribution in [3.8, 4) is 0 Å². The van der Waals surface area contributed by atoms with Crippen molar-refractivity contribution in [2.24, 2.45) is 0 Å². The number of carboxylic acid groups (broad SMARTS) is 1. The zero-order chi connectivity index (χ0) is 14.0. The van der Waals surface area contributed by atoms with Crippen LogP contribution in [0.1, 0.15) is 42.0 Å². The number of nitrogens with zero attached hydrogens (tertiary/aromatic N) is 2. The van der Waals surface area contributed by atoms with E-state index in [0.29, 0.717) is 5.52 Å². The molecule has 0 radical (unpaired) electrons. The van der Waals surface area contributed by atoms with E-state index in [1.54, 1.807) is 18.2 Å². The molecule has 1 unspecified atom stereocenters. The van der Waals surface area contributed by atoms with Crippen LogP contribution in [-0.2, 0) is 0 Å². The lowest BCUT2D eigenvalue weighted by Gasteiger charge is -2.15. The topological polar surface area (TPSA) is 75.3 Å². The lowest BCUT2D eigenvalue weighted by molar-refractivity contribution is 0.0697. The summed E-state index contributed by atoms with van der Waals surface area (Å²) in [6.45, 7) is 4.17. The van der Waals surface area contributed by atoms with E-state index in [-0.39, 0.29) is 18.2 Å². The quantitative estimate of drug-likeness (QED) is 0.867. The lowest BCUT2D eigenvalue weighted by Crippen LogP contribution is -2.07. The summed E-state index contributed by atoms with van der Waals surface area (Å²) in [4.78, 5) is 15.4. The highest BCUT2D eigenvalue weighted by molar-refractivity contribution is 5.92. The van der Waals surface area contributed by atoms with Crippen molar-refractivity contribution < 1.29 is 15.0 Å². The molecule has 2 rings (SSSR count). The zero-order valence-electron chi connectivity index (χ0n) is 11.1. The average molecular weight is 262 g/mol. The van der Waals surface area contributed by atoms with E-state index in [0.717, 1.165) is 24.2 Å². The van der Waals surface area contributed by atoms with Gasteiger partial charge in [0.2, 0.25) is 0 Å². The second kappa shape index (κ2) is 5.40. The maximum absolute atomic E-state index is 10.9. The minimum absolute atomic E-state index is 0.180. The van der Waals surface area contributed by atoms with E-state index in [4.69, 9.17) is 10.2 Å². The van der Waals surface area contributed by atoms with Gasteiger partial charge in [-0.3, -0.25) is 0 Å². The Hall–Kier alpha value is -1.88. The number of aromatic carboxylic acids is 1. The fraction of sp³-hybridized carbons (Fsp3) is 0.429. The molecule has 19 heavy (non-hydrogen) atoms. The zero-order valence-corrected chi connectivity index (χ0v) is 11.1. The number of fused-ring (bicyclic) bond motifs is 1. The van der Waals surface area contributed by atoms with Crippen LogP contribution in [0.25, 0.3) is 11.0 Å². The number of aryl methyl sites for hydroxylation is 1. The minimum atomic E-state index is -0.942. The summed E-state index contributed by atoms with van der Waals surface area (Å²) in [5, 5.41) is 17.9. The first-order valence-electron chi connectivity index (χ1n) is 6.37. The van der Waals surface area contributed by atoms with Crippen LogP contribution in [0.4, 0.5) is 0 Å². The number of hydrogen-bond acceptors (Lipinski definition) is 3. The van der Waals surface area contributed by atoms with E-state index in [9.17, 15) is 4.79 Å². The van der Waals surface area contributed by atoms with Gasteiger partial charge in [0.25, 0.3) is 0 Å². The van der Waals surface area contributed by atoms with Crippen molar-refractivity contribution in [3.05, 3.63) is 29.6 Å². The van der Waals surface area contributed by atoms with E-state index in [2.05, 4.69) is 16.5 Å². The molecule has 2 N–H and O–H groups in total. The summed E-state index contributed by atoms with van der Waals surface area (Å²) in [6.07, 6.45) is 1.61. The van der Waals surface area contributed by atoms with Gasteiger partial charge in [-0.25, -0.2) is 9.78 Å². The monoisotopic (exact) mass is 262 g/mol. The first-order chi connectivity index (χ1) is 9.04. The molecule has 0 spiro atoms. The molecule has 0 aliphatic carbocycles. The number of aliphatic hydroxyl groups excluding tert-OH is 1. The molecule has 0 saturated carbocycles. The molecule has 0 saturated heterocycles. The second-order valence-electron chi connectivity index (χ2n) is 4.75. The normalized spacial score (nSPS) is 12.8. The van der Waals surface area contributed by atoms with Crippen molar-refractivity contribution in [2.75, 3.05) is 6.61 Å². The Morgan fingerprint density at radius 3 is 2.84 bits per heavy atom. The van der Waals surface area contributed by atoms with Gasteiger partial charge < -0.3 is 14.8 Å². The number of benzene rings is 1. The van der Waals surface area contributed by atoms with Crippen molar-refractivity contribution in [3.63, 3.8) is 0 Å². The molecule has 0 fully saturated rings. The second-order valence-corrected chi connectivity index (χ2v) is 4.75. The first-order valence-corrected chi connectivity index (χ1v) is 6.37. The minimum Gasteiger partial charge on any atom is -0.478 e. The third-order valence-corrected chi connectivity index (χ3v) is 3.33. The number of carbonyl (C=O) groups is 1. The Labute approximate surface area is 111 Å². The number of carboxylic acids is 1. The largest absolute Gasteiger partial charge is 0.478 e. The molecule has 1 aromatic carbocycles. The van der Waals surface area contributed by atoms with Gasteiger partial charge in [0, 0.05) is 12.6 Å². The molecule has 5 nitrogen and oxygen atoms in total. The van der Waals surface area contributed by atoms with Crippen LogP contribution in [0.5, 0.6) is 0 Å². The maximum Gasteiger partial charge on any atom is 0.335 e. The van der Waals surface area contributed by atoms with Gasteiger partial charge in [0.15, 0.2) is 0 Å². The van der Waals surface area contributed by atoms with Crippen LogP contribution in [0, 0.1) is 6.92 Å². The molecule has 1 heterocycles. The molecule has 1 aromatic heterocycles. The van der Waals surface area contributed by atoms with Crippen LogP contribution >= 0.6 is 0 Å². The Morgan fingerprint density at radius 2 is 2.21 bits per heavy atom. The molecular formula is C14H18N2O3. The van der Waals surface area contributed by atoms with Crippen molar-refractivity contribution >= 4 is 17.0 Å². The van der Waals surface area contributed by atoms with Gasteiger partial charge >= 0.3 is 5.97 Å². The molecular weight excluding hydrogens is 244 g/mol. The summed E-state index contributed by atoms with van der Waals surface area (Å²) in [5.74, 6) is -0.0783. The Morgan fingerprint density at radius 1 is 1.47 bits per heavy atom. The van der Waals surface area contributed by atoms with Gasteiger partial charge in [-0.1, -0.05) is 0 Å². The Bertz CT molecular complexity index is 604. The summed E-state index contributed by atoms with van der Waals surface area (Å²) >= 11 is 0. The number of aliphatic hydroxyl groups is 1. The number of rotatable bonds is 5. The smallest absolute Gasteiger partial charge is 0.335 e. The van der Waals surface area contributed by atoms with E-state index in [1.165, 1.54) is 0 Å². The molecule has 0 aliphatic rings. The van der Waals surface area contributed by atoms with Gasteiger partial charge in [-0.15, -0.1) is 0 Å². The molecule has 5 heteroatoms. The van der Waals surface area contributed by atoms with E-state index >= 15 is 0 Å². The number of imidazole rings is 1. The van der Waals surface area contributed by atoms with Crippen LogP contribution < -0.4 is 0 Å². The third kappa shape index (κ3) is 2.61. The van der Waals surface area contributed by atoms with Gasteiger partial charge in [-0.05, 0) is 44.9 Å². The van der Waals surface area contributed by atoms with Crippen LogP contribution in [0.3, 0.4) is 0 Å². The van der Waals surface area contributed by atoms with E-state index in [1.807, 2.05) is 6.92 Å². The highest BCUT2D eigenvalue weighted by atomic mass is 16.4. The predicted molar refractivity (Wildman–Crippen MR) is 72.5 cm³/mol. The summed E-state index contributed by atoms with van der Waals surface area (Å²) < 4.78 is 2.09. The molecule has 0 amide bonds. The number of hydrogen-bond donors (Lipinski definition) is 2. The Kier molecular flexibility index (Phi) is 3.85. The van der Waals surface area contributed by atoms with Crippen LogP contribution in [-0.4, -0.2) is 32.3 Å². The fourth-order valence-electron chi connectivity index (χ4n) is 2.42.